The zero-order chi connectivity index (χ0) is 23.0. The van der Waals surface area contributed by atoms with E-state index in [2.05, 4.69) is 25.7 Å². The van der Waals surface area contributed by atoms with E-state index in [1.165, 1.54) is 10.9 Å². The SMILES string of the molecule is NC(=O)[C@H]1[C@@H]2C[C@@H](CNC(=O)Cn3cc([N+](=O)[O-])cn3)[C@@H](C2)[C@H]1Nc1nc(Cl)ncc1F. The summed E-state index contributed by atoms with van der Waals surface area (Å²) in [6, 6.07) is -0.456. The summed E-state index contributed by atoms with van der Waals surface area (Å²) in [5, 5.41) is 20.2. The van der Waals surface area contributed by atoms with E-state index >= 15 is 0 Å². The van der Waals surface area contributed by atoms with Crippen LogP contribution in [0.3, 0.4) is 0 Å². The number of nitrogens with two attached hydrogens (primary N) is 1. The number of nitrogens with zero attached hydrogens (tertiary/aromatic N) is 5. The molecule has 4 rings (SSSR count). The van der Waals surface area contributed by atoms with Crippen LogP contribution in [0.25, 0.3) is 0 Å². The summed E-state index contributed by atoms with van der Waals surface area (Å²) >= 11 is 5.77. The Balaban J connectivity index is 1.40. The van der Waals surface area contributed by atoms with E-state index in [-0.39, 0.29) is 47.0 Å². The third kappa shape index (κ3) is 4.33. The van der Waals surface area contributed by atoms with Crippen LogP contribution in [0.1, 0.15) is 12.8 Å². The number of anilines is 1. The number of carbonyl (C=O) groups excluding carboxylic acids is 2. The number of hydrogen-bond acceptors (Lipinski definition) is 8. The number of fused-ring (bicyclic) bond motifs is 2. The highest BCUT2D eigenvalue weighted by Crippen LogP contribution is 2.52. The molecule has 0 aromatic carbocycles. The molecule has 0 radical (unpaired) electrons. The molecule has 2 amide bonds. The fourth-order valence-corrected chi connectivity index (χ4v) is 5.05. The largest absolute Gasteiger partial charge is 0.369 e. The van der Waals surface area contributed by atoms with Crippen LogP contribution in [0.15, 0.2) is 18.6 Å². The van der Waals surface area contributed by atoms with E-state index in [0.29, 0.717) is 19.4 Å². The van der Waals surface area contributed by atoms with Gasteiger partial charge in [0.05, 0.1) is 17.0 Å². The second-order valence-electron chi connectivity index (χ2n) is 8.05. The number of nitrogens with one attached hydrogen (secondary N) is 2. The Bertz CT molecular complexity index is 1070. The zero-order valence-electron chi connectivity index (χ0n) is 16.6. The van der Waals surface area contributed by atoms with Crippen LogP contribution >= 0.6 is 11.6 Å². The van der Waals surface area contributed by atoms with E-state index < -0.39 is 28.6 Å². The minimum Gasteiger partial charge on any atom is -0.369 e. The molecule has 2 aliphatic carbocycles. The lowest BCUT2D eigenvalue weighted by Crippen LogP contribution is -2.47. The Labute approximate surface area is 185 Å². The van der Waals surface area contributed by atoms with Gasteiger partial charge in [-0.15, -0.1) is 0 Å². The second kappa shape index (κ2) is 8.65. The summed E-state index contributed by atoms with van der Waals surface area (Å²) < 4.78 is 15.3. The number of rotatable bonds is 8. The highest BCUT2D eigenvalue weighted by molar-refractivity contribution is 6.28. The molecule has 14 heteroatoms. The molecular formula is C18H20ClFN8O4. The number of nitro groups is 1. The minimum absolute atomic E-state index is 0.00559. The molecule has 2 aromatic rings. The maximum Gasteiger partial charge on any atom is 0.307 e. The summed E-state index contributed by atoms with van der Waals surface area (Å²) in [4.78, 5) is 41.9. The van der Waals surface area contributed by atoms with Crippen LogP contribution < -0.4 is 16.4 Å². The molecule has 4 N–H and O–H groups in total. The van der Waals surface area contributed by atoms with Gasteiger partial charge in [0.1, 0.15) is 18.9 Å². The first kappa shape index (κ1) is 21.9. The van der Waals surface area contributed by atoms with Crippen molar-refractivity contribution in [3.8, 4) is 0 Å². The summed E-state index contributed by atoms with van der Waals surface area (Å²) in [6.45, 7) is 0.172. The Morgan fingerprint density at radius 3 is 2.84 bits per heavy atom. The van der Waals surface area contributed by atoms with E-state index in [1.807, 2.05) is 0 Å². The number of aromatic nitrogens is 4. The van der Waals surface area contributed by atoms with Crippen LogP contribution in [0, 0.1) is 39.6 Å². The number of primary amides is 1. The standard InChI is InChI=1S/C18H20ClFN8O4/c19-18-23-5-12(20)17(26-18)25-15-11-2-8(14(15)16(21)30)1-9(11)3-22-13(29)7-27-6-10(4-24-27)28(31)32/h4-6,8-9,11,14-15H,1-3,7H2,(H2,21,30)(H,22,29)(H,23,25,26)/t8-,9+,11-,14+,15-/m1/s1. The highest BCUT2D eigenvalue weighted by Gasteiger charge is 2.54. The molecule has 170 valence electrons. The summed E-state index contributed by atoms with van der Waals surface area (Å²) in [5.74, 6) is -2.12. The predicted octanol–water partition coefficient (Wildman–Crippen LogP) is 0.728. The normalized spacial score (nSPS) is 26.1. The van der Waals surface area contributed by atoms with Crippen molar-refractivity contribution >= 4 is 34.9 Å². The second-order valence-corrected chi connectivity index (χ2v) is 8.38. The van der Waals surface area contributed by atoms with Gasteiger partial charge >= 0.3 is 5.69 Å². The molecule has 2 saturated carbocycles. The summed E-state index contributed by atoms with van der Waals surface area (Å²) in [7, 11) is 0. The van der Waals surface area contributed by atoms with Gasteiger partial charge in [-0.2, -0.15) is 10.1 Å². The van der Waals surface area contributed by atoms with Crippen molar-refractivity contribution in [2.24, 2.45) is 29.4 Å². The molecule has 2 aliphatic rings. The number of halogens is 2. The van der Waals surface area contributed by atoms with Crippen LogP contribution in [-0.4, -0.2) is 49.1 Å². The number of carbonyl (C=O) groups is 2. The molecule has 0 saturated heterocycles. The van der Waals surface area contributed by atoms with Gasteiger partial charge in [-0.25, -0.2) is 9.37 Å². The number of amides is 2. The molecule has 0 spiro atoms. The summed E-state index contributed by atoms with van der Waals surface area (Å²) in [6.07, 6.45) is 4.59. The van der Waals surface area contributed by atoms with Gasteiger partial charge in [-0.3, -0.25) is 24.4 Å². The van der Waals surface area contributed by atoms with Gasteiger partial charge in [0.25, 0.3) is 0 Å². The van der Waals surface area contributed by atoms with Gasteiger partial charge in [0.2, 0.25) is 17.1 Å². The molecule has 5 atom stereocenters. The molecule has 32 heavy (non-hydrogen) atoms. The molecule has 2 aromatic heterocycles. The molecule has 12 nitrogen and oxygen atoms in total. The first-order valence-electron chi connectivity index (χ1n) is 9.90. The van der Waals surface area contributed by atoms with E-state index in [1.54, 1.807) is 0 Å². The fourth-order valence-electron chi connectivity index (χ4n) is 4.92. The van der Waals surface area contributed by atoms with Crippen LogP contribution in [0.4, 0.5) is 15.9 Å². The molecule has 2 bridgehead atoms. The Morgan fingerprint density at radius 2 is 2.16 bits per heavy atom. The van der Waals surface area contributed by atoms with Gasteiger partial charge in [-0.1, -0.05) is 0 Å². The maximum absolute atomic E-state index is 14.1. The first-order chi connectivity index (χ1) is 15.2. The average molecular weight is 467 g/mol. The predicted molar refractivity (Wildman–Crippen MR) is 109 cm³/mol. The Morgan fingerprint density at radius 1 is 1.38 bits per heavy atom. The van der Waals surface area contributed by atoms with Crippen molar-refractivity contribution in [2.75, 3.05) is 11.9 Å². The average Bonchev–Trinajstić information content (AvgIpc) is 3.43. The molecule has 0 unspecified atom stereocenters. The van der Waals surface area contributed by atoms with Crippen molar-refractivity contribution in [2.45, 2.75) is 25.4 Å². The van der Waals surface area contributed by atoms with Gasteiger partial charge in [-0.05, 0) is 42.2 Å². The van der Waals surface area contributed by atoms with Crippen LogP contribution in [-0.2, 0) is 16.1 Å². The lowest BCUT2D eigenvalue weighted by molar-refractivity contribution is -0.385. The van der Waals surface area contributed by atoms with Crippen LogP contribution in [0.5, 0.6) is 0 Å². The molecule has 2 heterocycles. The van der Waals surface area contributed by atoms with Gasteiger partial charge < -0.3 is 16.4 Å². The Hall–Kier alpha value is -3.35. The quantitative estimate of drug-likeness (QED) is 0.290. The van der Waals surface area contributed by atoms with Crippen molar-refractivity contribution < 1.29 is 18.9 Å². The monoisotopic (exact) mass is 466 g/mol. The highest BCUT2D eigenvalue weighted by atomic mass is 35.5. The van der Waals surface area contributed by atoms with Crippen molar-refractivity contribution in [1.29, 1.82) is 0 Å². The first-order valence-corrected chi connectivity index (χ1v) is 10.3. The third-order valence-corrected chi connectivity index (χ3v) is 6.37. The smallest absolute Gasteiger partial charge is 0.307 e. The maximum atomic E-state index is 14.1. The number of hydrogen-bond donors (Lipinski definition) is 3. The van der Waals surface area contributed by atoms with Crippen molar-refractivity contribution in [3.05, 3.63) is 39.8 Å². The van der Waals surface area contributed by atoms with Crippen molar-refractivity contribution in [3.63, 3.8) is 0 Å². The van der Waals surface area contributed by atoms with Gasteiger partial charge in [0.15, 0.2) is 11.6 Å². The van der Waals surface area contributed by atoms with Gasteiger partial charge in [0, 0.05) is 12.6 Å². The molecule has 2 fully saturated rings. The third-order valence-electron chi connectivity index (χ3n) is 6.19. The minimum atomic E-state index is -0.696. The molecule has 0 aliphatic heterocycles. The van der Waals surface area contributed by atoms with E-state index in [9.17, 15) is 24.1 Å². The lowest BCUT2D eigenvalue weighted by Gasteiger charge is -2.35. The van der Waals surface area contributed by atoms with Crippen molar-refractivity contribution in [1.82, 2.24) is 25.1 Å². The van der Waals surface area contributed by atoms with Crippen LogP contribution in [0.2, 0.25) is 5.28 Å². The Kier molecular flexibility index (Phi) is 5.91. The summed E-state index contributed by atoms with van der Waals surface area (Å²) in [5.41, 5.74) is 5.41. The zero-order valence-corrected chi connectivity index (χ0v) is 17.4. The lowest BCUT2D eigenvalue weighted by atomic mass is 9.77. The molecular weight excluding hydrogens is 447 g/mol. The van der Waals surface area contributed by atoms with E-state index in [4.69, 9.17) is 17.3 Å². The van der Waals surface area contributed by atoms with E-state index in [0.717, 1.165) is 12.4 Å². The fraction of sp³-hybridized carbons (Fsp3) is 0.500. The topological polar surface area (TPSA) is 171 Å².